The number of amides is 2. The zero-order chi connectivity index (χ0) is 18.0. The number of hydrogen-bond donors (Lipinski definition) is 2. The van der Waals surface area contributed by atoms with E-state index in [1.165, 1.54) is 5.56 Å². The molecule has 0 saturated carbocycles. The Bertz CT molecular complexity index is 881. The van der Waals surface area contributed by atoms with E-state index in [2.05, 4.69) is 26.4 Å². The number of aromatic amines is 1. The summed E-state index contributed by atoms with van der Waals surface area (Å²) >= 11 is 0. The van der Waals surface area contributed by atoms with Crippen molar-refractivity contribution in [1.29, 1.82) is 0 Å². The lowest BCUT2D eigenvalue weighted by molar-refractivity contribution is 0.200. The zero-order valence-electron chi connectivity index (χ0n) is 15.1. The smallest absolute Gasteiger partial charge is 0.318 e. The molecule has 0 radical (unpaired) electrons. The van der Waals surface area contributed by atoms with Crippen LogP contribution >= 0.6 is 0 Å². The van der Waals surface area contributed by atoms with Gasteiger partial charge in [0.1, 0.15) is 5.82 Å². The summed E-state index contributed by atoms with van der Waals surface area (Å²) in [5.74, 6) is 0.770. The first kappa shape index (κ1) is 17.0. The van der Waals surface area contributed by atoms with Crippen molar-refractivity contribution in [3.8, 4) is 0 Å². The Morgan fingerprint density at radius 1 is 1.40 bits per heavy atom. The minimum atomic E-state index is -0.135. The van der Waals surface area contributed by atoms with Crippen LogP contribution in [0.2, 0.25) is 0 Å². The van der Waals surface area contributed by atoms with Crippen LogP contribution in [0.5, 0.6) is 0 Å². The number of rotatable bonds is 5. The fraction of sp³-hybridized carbons (Fsp3) is 0.389. The molecule has 0 bridgehead atoms. The van der Waals surface area contributed by atoms with Crippen molar-refractivity contribution in [3.63, 3.8) is 0 Å². The van der Waals surface area contributed by atoms with Crippen LogP contribution in [-0.4, -0.2) is 37.7 Å². The second kappa shape index (κ2) is 6.96. The summed E-state index contributed by atoms with van der Waals surface area (Å²) in [5, 5.41) is 7.23. The molecule has 2 aromatic heterocycles. The molecule has 0 fully saturated rings. The number of carbonyl (C=O) groups is 1. The fourth-order valence-electron chi connectivity index (χ4n) is 2.92. The van der Waals surface area contributed by atoms with Gasteiger partial charge >= 0.3 is 6.03 Å². The van der Waals surface area contributed by atoms with Crippen molar-refractivity contribution in [1.82, 2.24) is 30.0 Å². The van der Waals surface area contributed by atoms with Gasteiger partial charge in [0.05, 0.1) is 29.3 Å². The highest BCUT2D eigenvalue weighted by atomic mass is 16.2. The van der Waals surface area contributed by atoms with Gasteiger partial charge < -0.3 is 15.2 Å². The summed E-state index contributed by atoms with van der Waals surface area (Å²) in [6.45, 7) is 4.50. The van der Waals surface area contributed by atoms with E-state index in [0.29, 0.717) is 6.54 Å². The maximum absolute atomic E-state index is 12.5. The maximum atomic E-state index is 12.5. The van der Waals surface area contributed by atoms with Crippen LogP contribution in [0.15, 0.2) is 30.5 Å². The topological polar surface area (TPSA) is 78.8 Å². The molecular formula is C18H24N6O. The predicted molar refractivity (Wildman–Crippen MR) is 97.1 cm³/mol. The van der Waals surface area contributed by atoms with Crippen LogP contribution in [0.3, 0.4) is 0 Å². The minimum absolute atomic E-state index is 0.0687. The Labute approximate surface area is 147 Å². The van der Waals surface area contributed by atoms with E-state index < -0.39 is 0 Å². The number of benzene rings is 1. The van der Waals surface area contributed by atoms with Gasteiger partial charge in [0, 0.05) is 20.3 Å². The first-order valence-electron chi connectivity index (χ1n) is 8.42. The van der Waals surface area contributed by atoms with Gasteiger partial charge in [-0.25, -0.2) is 9.78 Å². The third-order valence-corrected chi connectivity index (χ3v) is 4.34. The number of aromatic nitrogens is 4. The number of H-pyrrole nitrogens is 1. The molecule has 7 nitrogen and oxygen atoms in total. The number of hydrogen-bond acceptors (Lipinski definition) is 3. The van der Waals surface area contributed by atoms with Gasteiger partial charge in [-0.3, -0.25) is 4.68 Å². The zero-order valence-corrected chi connectivity index (χ0v) is 15.1. The molecule has 25 heavy (non-hydrogen) atoms. The van der Waals surface area contributed by atoms with Crippen molar-refractivity contribution in [2.75, 3.05) is 7.05 Å². The highest BCUT2D eigenvalue weighted by molar-refractivity contribution is 5.76. The van der Waals surface area contributed by atoms with Crippen molar-refractivity contribution in [2.45, 2.75) is 32.9 Å². The van der Waals surface area contributed by atoms with E-state index in [1.807, 2.05) is 39.1 Å². The molecule has 2 heterocycles. The first-order valence-corrected chi connectivity index (χ1v) is 8.42. The Morgan fingerprint density at radius 2 is 2.20 bits per heavy atom. The van der Waals surface area contributed by atoms with Crippen LogP contribution in [0, 0.1) is 6.92 Å². The second-order valence-electron chi connectivity index (χ2n) is 6.35. The summed E-state index contributed by atoms with van der Waals surface area (Å²) in [4.78, 5) is 22.0. The predicted octanol–water partition coefficient (Wildman–Crippen LogP) is 2.90. The van der Waals surface area contributed by atoms with Crippen LogP contribution in [0.1, 0.15) is 36.5 Å². The monoisotopic (exact) mass is 340 g/mol. The Balaban J connectivity index is 1.68. The molecule has 2 N–H and O–H groups in total. The summed E-state index contributed by atoms with van der Waals surface area (Å²) < 4.78 is 1.79. The number of aryl methyl sites for hydroxylation is 2. The standard InChI is InChI=1S/C18H24N6O/c1-5-13(16-8-9-19-24(16)4)22-18(25)23(3)11-17-20-14-7-6-12(2)10-15(14)21-17/h6-10,13H,5,11H2,1-4H3,(H,20,21)(H,22,25)/t13-/m0/s1. The molecule has 132 valence electrons. The minimum Gasteiger partial charge on any atom is -0.340 e. The molecule has 1 aromatic carbocycles. The second-order valence-corrected chi connectivity index (χ2v) is 6.35. The van der Waals surface area contributed by atoms with E-state index >= 15 is 0 Å². The van der Waals surface area contributed by atoms with Gasteiger partial charge in [0.2, 0.25) is 0 Å². The summed E-state index contributed by atoms with van der Waals surface area (Å²) in [6, 6.07) is 7.80. The molecule has 7 heteroatoms. The normalized spacial score (nSPS) is 12.3. The van der Waals surface area contributed by atoms with Crippen molar-refractivity contribution >= 4 is 17.1 Å². The van der Waals surface area contributed by atoms with E-state index in [1.54, 1.807) is 22.8 Å². The van der Waals surface area contributed by atoms with E-state index in [9.17, 15) is 4.79 Å². The summed E-state index contributed by atoms with van der Waals surface area (Å²) in [5.41, 5.74) is 4.07. The van der Waals surface area contributed by atoms with Gasteiger partial charge in [-0.1, -0.05) is 13.0 Å². The summed E-state index contributed by atoms with van der Waals surface area (Å²) in [7, 11) is 3.65. The van der Waals surface area contributed by atoms with E-state index in [-0.39, 0.29) is 12.1 Å². The first-order chi connectivity index (χ1) is 12.0. The molecule has 0 aliphatic rings. The van der Waals surface area contributed by atoms with Crippen LogP contribution in [-0.2, 0) is 13.6 Å². The molecular weight excluding hydrogens is 316 g/mol. The molecule has 2 amide bonds. The number of fused-ring (bicyclic) bond motifs is 1. The van der Waals surface area contributed by atoms with Gasteiger partial charge in [-0.2, -0.15) is 5.10 Å². The SMILES string of the molecule is CC[C@H](NC(=O)N(C)Cc1nc2ccc(C)cc2[nH]1)c1ccnn1C. The molecule has 0 unspecified atom stereocenters. The van der Waals surface area contributed by atoms with Crippen LogP contribution < -0.4 is 5.32 Å². The summed E-state index contributed by atoms with van der Waals surface area (Å²) in [6.07, 6.45) is 2.54. The molecule has 3 aromatic rings. The highest BCUT2D eigenvalue weighted by Gasteiger charge is 2.19. The molecule has 0 aliphatic carbocycles. The maximum Gasteiger partial charge on any atom is 0.318 e. The number of urea groups is 1. The van der Waals surface area contributed by atoms with Crippen molar-refractivity contribution in [2.24, 2.45) is 7.05 Å². The Hall–Kier alpha value is -2.83. The van der Waals surface area contributed by atoms with Gasteiger partial charge in [0.25, 0.3) is 0 Å². The number of nitrogens with one attached hydrogen (secondary N) is 2. The third-order valence-electron chi connectivity index (χ3n) is 4.34. The Morgan fingerprint density at radius 3 is 2.88 bits per heavy atom. The lowest BCUT2D eigenvalue weighted by Crippen LogP contribution is -2.39. The number of carbonyl (C=O) groups excluding carboxylic acids is 1. The van der Waals surface area contributed by atoms with Crippen LogP contribution in [0.4, 0.5) is 4.79 Å². The average molecular weight is 340 g/mol. The lowest BCUT2D eigenvalue weighted by atomic mass is 10.1. The van der Waals surface area contributed by atoms with Gasteiger partial charge in [-0.15, -0.1) is 0 Å². The fourth-order valence-corrected chi connectivity index (χ4v) is 2.92. The molecule has 0 spiro atoms. The largest absolute Gasteiger partial charge is 0.340 e. The van der Waals surface area contributed by atoms with Gasteiger partial charge in [-0.05, 0) is 37.1 Å². The van der Waals surface area contributed by atoms with E-state index in [0.717, 1.165) is 29.0 Å². The van der Waals surface area contributed by atoms with Crippen molar-refractivity contribution in [3.05, 3.63) is 47.5 Å². The van der Waals surface area contributed by atoms with Crippen LogP contribution in [0.25, 0.3) is 11.0 Å². The molecule has 1 atom stereocenters. The average Bonchev–Trinajstić information content (AvgIpc) is 3.17. The highest BCUT2D eigenvalue weighted by Crippen LogP contribution is 2.17. The Kier molecular flexibility index (Phi) is 4.74. The quantitative estimate of drug-likeness (QED) is 0.749. The molecule has 3 rings (SSSR count). The third kappa shape index (κ3) is 3.65. The molecule has 0 saturated heterocycles. The lowest BCUT2D eigenvalue weighted by Gasteiger charge is -2.22. The van der Waals surface area contributed by atoms with Crippen molar-refractivity contribution < 1.29 is 4.79 Å². The number of imidazole rings is 1. The van der Waals surface area contributed by atoms with Gasteiger partial charge in [0.15, 0.2) is 0 Å². The number of nitrogens with zero attached hydrogens (tertiary/aromatic N) is 4. The molecule has 0 aliphatic heterocycles. The van der Waals surface area contributed by atoms with E-state index in [4.69, 9.17) is 0 Å².